The molecule has 2 rings (SSSR count). The number of hydrogen-bond acceptors (Lipinski definition) is 4. The molecule has 1 aromatic rings. The molecular weight excluding hydrogens is 254 g/mol. The van der Waals surface area contributed by atoms with Crippen molar-refractivity contribution in [1.82, 2.24) is 14.8 Å². The van der Waals surface area contributed by atoms with E-state index in [1.165, 1.54) is 32.1 Å². The molecule has 0 aromatic carbocycles. The van der Waals surface area contributed by atoms with Crippen molar-refractivity contribution < 1.29 is 9.84 Å². The summed E-state index contributed by atoms with van der Waals surface area (Å²) in [5, 5.41) is 14.7. The molecule has 1 N–H and O–H groups in total. The number of aliphatic hydroxyl groups is 1. The van der Waals surface area contributed by atoms with E-state index in [0.29, 0.717) is 18.9 Å². The molecule has 1 aromatic heterocycles. The van der Waals surface area contributed by atoms with Crippen LogP contribution in [-0.2, 0) is 17.7 Å². The van der Waals surface area contributed by atoms with Crippen molar-refractivity contribution >= 4 is 0 Å². The lowest BCUT2D eigenvalue weighted by atomic mass is 9.82. The molecule has 0 aliphatic heterocycles. The number of ether oxygens (including phenoxy) is 1. The van der Waals surface area contributed by atoms with Gasteiger partial charge in [0.15, 0.2) is 0 Å². The molecule has 0 bridgehead atoms. The van der Waals surface area contributed by atoms with Gasteiger partial charge in [-0.25, -0.2) is 4.98 Å². The average Bonchev–Trinajstić information content (AvgIpc) is 2.92. The third-order valence-corrected chi connectivity index (χ3v) is 4.24. The lowest BCUT2D eigenvalue weighted by Gasteiger charge is -2.33. The number of hydrogen-bond donors (Lipinski definition) is 1. The first-order valence-electron chi connectivity index (χ1n) is 7.92. The van der Waals surface area contributed by atoms with Gasteiger partial charge in [0, 0.05) is 19.6 Å². The fourth-order valence-electron chi connectivity index (χ4n) is 3.23. The number of rotatable bonds is 7. The normalized spacial score (nSPS) is 19.9. The van der Waals surface area contributed by atoms with Gasteiger partial charge in [0.1, 0.15) is 12.2 Å². The Morgan fingerprint density at radius 2 is 2.10 bits per heavy atom. The van der Waals surface area contributed by atoms with Gasteiger partial charge in [0.25, 0.3) is 0 Å². The standard InChI is InChI=1S/C15H27N3O2/c1-3-18-14(16-11-17-18)10-13(19)15(20-4-2)12-8-6-5-7-9-12/h11-13,15,19H,3-10H2,1-2H3. The third kappa shape index (κ3) is 3.79. The molecule has 1 aliphatic carbocycles. The van der Waals surface area contributed by atoms with Gasteiger partial charge in [-0.05, 0) is 32.6 Å². The van der Waals surface area contributed by atoms with Gasteiger partial charge in [-0.2, -0.15) is 5.10 Å². The van der Waals surface area contributed by atoms with E-state index in [1.807, 2.05) is 18.5 Å². The molecule has 114 valence electrons. The van der Waals surface area contributed by atoms with Crippen LogP contribution in [0.5, 0.6) is 0 Å². The van der Waals surface area contributed by atoms with Crippen molar-refractivity contribution in [3.63, 3.8) is 0 Å². The van der Waals surface area contributed by atoms with E-state index < -0.39 is 6.10 Å². The van der Waals surface area contributed by atoms with Crippen LogP contribution in [0.2, 0.25) is 0 Å². The summed E-state index contributed by atoms with van der Waals surface area (Å²) < 4.78 is 7.70. The van der Waals surface area contributed by atoms with Crippen LogP contribution < -0.4 is 0 Å². The number of aromatic nitrogens is 3. The van der Waals surface area contributed by atoms with Crippen molar-refractivity contribution in [3.8, 4) is 0 Å². The Bertz CT molecular complexity index is 388. The minimum atomic E-state index is -0.493. The molecule has 0 saturated heterocycles. The van der Waals surface area contributed by atoms with E-state index in [-0.39, 0.29) is 6.10 Å². The molecule has 1 aliphatic rings. The molecule has 1 saturated carbocycles. The quantitative estimate of drug-likeness (QED) is 0.832. The summed E-state index contributed by atoms with van der Waals surface area (Å²) in [6, 6.07) is 0. The first-order chi connectivity index (χ1) is 9.76. The molecular formula is C15H27N3O2. The molecule has 5 nitrogen and oxygen atoms in total. The maximum atomic E-state index is 10.6. The maximum Gasteiger partial charge on any atom is 0.138 e. The van der Waals surface area contributed by atoms with E-state index in [4.69, 9.17) is 4.74 Å². The van der Waals surface area contributed by atoms with E-state index in [0.717, 1.165) is 12.4 Å². The molecule has 5 heteroatoms. The van der Waals surface area contributed by atoms with Crippen molar-refractivity contribution in [2.45, 2.75) is 71.1 Å². The summed E-state index contributed by atoms with van der Waals surface area (Å²) >= 11 is 0. The summed E-state index contributed by atoms with van der Waals surface area (Å²) in [5.41, 5.74) is 0. The van der Waals surface area contributed by atoms with Crippen LogP contribution in [0.3, 0.4) is 0 Å². The number of aryl methyl sites for hydroxylation is 1. The molecule has 1 fully saturated rings. The number of nitrogens with zero attached hydrogens (tertiary/aromatic N) is 3. The molecule has 20 heavy (non-hydrogen) atoms. The van der Waals surface area contributed by atoms with E-state index in [9.17, 15) is 5.11 Å². The Balaban J connectivity index is 2.00. The van der Waals surface area contributed by atoms with E-state index in [2.05, 4.69) is 10.1 Å². The van der Waals surface area contributed by atoms with Gasteiger partial charge in [0.2, 0.25) is 0 Å². The second-order valence-electron chi connectivity index (χ2n) is 5.58. The largest absolute Gasteiger partial charge is 0.390 e. The average molecular weight is 281 g/mol. The fraction of sp³-hybridized carbons (Fsp3) is 0.867. The van der Waals surface area contributed by atoms with Gasteiger partial charge in [0.05, 0.1) is 12.2 Å². The highest BCUT2D eigenvalue weighted by Crippen LogP contribution is 2.30. The summed E-state index contributed by atoms with van der Waals surface area (Å²) in [7, 11) is 0. The zero-order valence-electron chi connectivity index (χ0n) is 12.7. The molecule has 0 spiro atoms. The van der Waals surface area contributed by atoms with Crippen molar-refractivity contribution in [2.75, 3.05) is 6.61 Å². The van der Waals surface area contributed by atoms with Crippen LogP contribution in [0.1, 0.15) is 51.8 Å². The second-order valence-corrected chi connectivity index (χ2v) is 5.58. The summed E-state index contributed by atoms with van der Waals surface area (Å²) in [6.07, 6.45) is 7.68. The lowest BCUT2D eigenvalue weighted by molar-refractivity contribution is -0.0724. The highest BCUT2D eigenvalue weighted by atomic mass is 16.5. The Morgan fingerprint density at radius 1 is 1.35 bits per heavy atom. The second kappa shape index (κ2) is 7.74. The molecule has 1 heterocycles. The Hall–Kier alpha value is -0.940. The van der Waals surface area contributed by atoms with Crippen molar-refractivity contribution in [3.05, 3.63) is 12.2 Å². The third-order valence-electron chi connectivity index (χ3n) is 4.24. The van der Waals surface area contributed by atoms with Crippen molar-refractivity contribution in [2.24, 2.45) is 5.92 Å². The predicted octanol–water partition coefficient (Wildman–Crippen LogP) is 2.19. The van der Waals surface area contributed by atoms with Gasteiger partial charge < -0.3 is 9.84 Å². The van der Waals surface area contributed by atoms with Crippen LogP contribution in [0.15, 0.2) is 6.33 Å². The molecule has 2 unspecified atom stereocenters. The Morgan fingerprint density at radius 3 is 2.75 bits per heavy atom. The van der Waals surface area contributed by atoms with Crippen molar-refractivity contribution in [1.29, 1.82) is 0 Å². The smallest absolute Gasteiger partial charge is 0.138 e. The predicted molar refractivity (Wildman–Crippen MR) is 77.4 cm³/mol. The summed E-state index contributed by atoms with van der Waals surface area (Å²) in [5.74, 6) is 1.33. The summed E-state index contributed by atoms with van der Waals surface area (Å²) in [6.45, 7) is 5.46. The number of aliphatic hydroxyl groups excluding tert-OH is 1. The lowest BCUT2D eigenvalue weighted by Crippen LogP contribution is -2.39. The molecule has 0 radical (unpaired) electrons. The highest BCUT2D eigenvalue weighted by molar-refractivity contribution is 4.91. The van der Waals surface area contributed by atoms with Crippen LogP contribution in [0, 0.1) is 5.92 Å². The Kier molecular flexibility index (Phi) is 5.98. The fourth-order valence-corrected chi connectivity index (χ4v) is 3.23. The van der Waals surface area contributed by atoms with Crippen LogP contribution in [-0.4, -0.2) is 38.7 Å². The van der Waals surface area contributed by atoms with E-state index >= 15 is 0 Å². The SMILES string of the molecule is CCOC(C(O)Cc1ncnn1CC)C1CCCCC1. The summed E-state index contributed by atoms with van der Waals surface area (Å²) in [4.78, 5) is 4.25. The maximum absolute atomic E-state index is 10.6. The minimum Gasteiger partial charge on any atom is -0.390 e. The molecule has 0 amide bonds. The van der Waals surface area contributed by atoms with Gasteiger partial charge >= 0.3 is 0 Å². The van der Waals surface area contributed by atoms with Crippen LogP contribution in [0.25, 0.3) is 0 Å². The topological polar surface area (TPSA) is 60.2 Å². The Labute approximate surface area is 121 Å². The monoisotopic (exact) mass is 281 g/mol. The zero-order chi connectivity index (χ0) is 14.4. The minimum absolute atomic E-state index is 0.0673. The highest BCUT2D eigenvalue weighted by Gasteiger charge is 2.31. The van der Waals surface area contributed by atoms with Gasteiger partial charge in [-0.3, -0.25) is 4.68 Å². The molecule has 2 atom stereocenters. The van der Waals surface area contributed by atoms with Crippen LogP contribution >= 0.6 is 0 Å². The van der Waals surface area contributed by atoms with Gasteiger partial charge in [-0.1, -0.05) is 19.3 Å². The van der Waals surface area contributed by atoms with Crippen LogP contribution in [0.4, 0.5) is 0 Å². The first kappa shape index (κ1) is 15.4. The van der Waals surface area contributed by atoms with E-state index in [1.54, 1.807) is 6.33 Å². The first-order valence-corrected chi connectivity index (χ1v) is 7.92. The zero-order valence-corrected chi connectivity index (χ0v) is 12.7. The van der Waals surface area contributed by atoms with Gasteiger partial charge in [-0.15, -0.1) is 0 Å².